The second-order valence-corrected chi connectivity index (χ2v) is 2.55. The fourth-order valence-corrected chi connectivity index (χ4v) is 0.935. The Morgan fingerprint density at radius 2 is 1.78 bits per heavy atom. The van der Waals surface area contributed by atoms with Crippen LogP contribution in [0.4, 0.5) is 0 Å². The van der Waals surface area contributed by atoms with Crippen LogP contribution in [0.25, 0.3) is 0 Å². The van der Waals surface area contributed by atoms with E-state index in [-0.39, 0.29) is 40.8 Å². The first kappa shape index (κ1) is 16.7. The average molecular weight is 179 g/mol. The van der Waals surface area contributed by atoms with E-state index in [0.29, 0.717) is 12.2 Å². The summed E-state index contributed by atoms with van der Waals surface area (Å²) in [5, 5.41) is 0. The van der Waals surface area contributed by atoms with Crippen molar-refractivity contribution in [2.45, 2.75) is 6.42 Å². The standard InChI is InChI=1S/C3H7O2S2.Na.H2O/c4-7(5)3-1-2-6;;/h6H,1-3H2;;1H2/q-1;+1;/p-1. The molecule has 52 valence electrons. The molecule has 0 heterocycles. The first-order chi connectivity index (χ1) is 3.27. The summed E-state index contributed by atoms with van der Waals surface area (Å²) in [6.45, 7) is 0. The van der Waals surface area contributed by atoms with Gasteiger partial charge in [-0.05, 0) is 5.75 Å². The van der Waals surface area contributed by atoms with E-state index in [9.17, 15) is 8.42 Å². The zero-order valence-electron chi connectivity index (χ0n) is 5.24. The molecule has 0 atom stereocenters. The van der Waals surface area contributed by atoms with E-state index in [1.807, 2.05) is 0 Å². The van der Waals surface area contributed by atoms with Gasteiger partial charge in [0.2, 0.25) is 0 Å². The molecule has 1 N–H and O–H groups in total. The second-order valence-electron chi connectivity index (χ2n) is 1.09. The molecule has 0 aromatic carbocycles. The van der Waals surface area contributed by atoms with Crippen molar-refractivity contribution in [1.82, 2.24) is 0 Å². The van der Waals surface area contributed by atoms with Crippen molar-refractivity contribution in [3.05, 3.63) is 0 Å². The molecule has 0 amide bonds. The first-order valence-electron chi connectivity index (χ1n) is 1.94. The Bertz CT molecular complexity index is 95.2. The van der Waals surface area contributed by atoms with Gasteiger partial charge in [-0.2, -0.15) is 12.6 Å². The Hall–Kier alpha value is 1.26. The second kappa shape index (κ2) is 12.0. The van der Waals surface area contributed by atoms with Gasteiger partial charge in [0.15, 0.2) is 0 Å². The number of hydrogen-bond acceptors (Lipinski definition) is 5. The van der Waals surface area contributed by atoms with Gasteiger partial charge in [-0.15, -0.1) is 0 Å². The Morgan fingerprint density at radius 1 is 1.33 bits per heavy atom. The van der Waals surface area contributed by atoms with Crippen LogP contribution < -0.4 is 29.6 Å². The molecule has 0 aliphatic rings. The molecule has 0 aromatic rings. The monoisotopic (exact) mass is 179 g/mol. The Labute approximate surface area is 84.2 Å². The first-order valence-corrected chi connectivity index (χ1v) is 3.81. The molecule has 6 heteroatoms. The van der Waals surface area contributed by atoms with Crippen molar-refractivity contribution in [1.29, 1.82) is 0 Å². The molecular weight excluding hydrogens is 171 g/mol. The van der Waals surface area contributed by atoms with Crippen molar-refractivity contribution in [2.24, 2.45) is 0 Å². The molecule has 0 fully saturated rings. The molecule has 0 saturated heterocycles. The van der Waals surface area contributed by atoms with Gasteiger partial charge in [0, 0.05) is 0 Å². The van der Waals surface area contributed by atoms with Gasteiger partial charge in [-0.3, -0.25) is 0 Å². The number of thiol groups is 1. The predicted molar refractivity (Wildman–Crippen MR) is 34.0 cm³/mol. The van der Waals surface area contributed by atoms with Gasteiger partial charge < -0.3 is 13.9 Å². The third-order valence-electron chi connectivity index (χ3n) is 0.469. The van der Waals surface area contributed by atoms with Gasteiger partial charge in [-0.25, -0.2) is 0 Å². The normalized spacial score (nSPS) is 7.78. The molecule has 3 nitrogen and oxygen atoms in total. The van der Waals surface area contributed by atoms with Gasteiger partial charge in [-0.1, -0.05) is 22.9 Å². The van der Waals surface area contributed by atoms with Crippen LogP contribution in [0.3, 0.4) is 0 Å². The summed E-state index contributed by atoms with van der Waals surface area (Å²) in [6.07, 6.45) is 0.652. The predicted octanol–water partition coefficient (Wildman–Crippen LogP) is -2.56. The van der Waals surface area contributed by atoms with Gasteiger partial charge in [0.25, 0.3) is 0 Å². The van der Waals surface area contributed by atoms with Gasteiger partial charge >= 0.3 is 29.6 Å². The van der Waals surface area contributed by atoms with E-state index in [4.69, 9.17) is 0 Å². The fourth-order valence-electron chi connectivity index (χ4n) is 0.182. The van der Waals surface area contributed by atoms with Crippen LogP contribution in [-0.2, 0) is 19.1 Å². The quantitative estimate of drug-likeness (QED) is 0.294. The summed E-state index contributed by atoms with van der Waals surface area (Å²) in [6, 6.07) is 0. The summed E-state index contributed by atoms with van der Waals surface area (Å²) < 4.78 is 19.4. The molecule has 0 aromatic heterocycles. The van der Waals surface area contributed by atoms with Crippen LogP contribution in [0.5, 0.6) is 0 Å². The molecule has 0 radical (unpaired) electrons. The maximum absolute atomic E-state index is 9.72. The Balaban J connectivity index is -0.000000180. The molecule has 0 bridgehead atoms. The van der Waals surface area contributed by atoms with Gasteiger partial charge in [0.05, 0.1) is 0 Å². The zero-order chi connectivity index (χ0) is 5.70. The minimum atomic E-state index is -1.86. The maximum Gasteiger partial charge on any atom is 1.00 e. The summed E-state index contributed by atoms with van der Waals surface area (Å²) >= 11 is 3.82. The van der Waals surface area contributed by atoms with E-state index in [1.165, 1.54) is 0 Å². The molecule has 0 saturated carbocycles. The van der Waals surface area contributed by atoms with Crippen LogP contribution in [-0.4, -0.2) is 17.0 Å². The van der Waals surface area contributed by atoms with Crippen LogP contribution in [0.15, 0.2) is 0 Å². The molecule has 0 aliphatic heterocycles. The SMILES string of the molecule is O=[S-](=O)CCCS.[Na+].[OH-]. The van der Waals surface area contributed by atoms with E-state index >= 15 is 0 Å². The molecule has 0 aliphatic carbocycles. The fraction of sp³-hybridized carbons (Fsp3) is 1.00. The third-order valence-corrected chi connectivity index (χ3v) is 1.41. The van der Waals surface area contributed by atoms with E-state index in [1.54, 1.807) is 0 Å². The summed E-state index contributed by atoms with van der Waals surface area (Å²) in [5.74, 6) is 0.886. The largest absolute Gasteiger partial charge is 1.00 e. The number of rotatable bonds is 3. The maximum atomic E-state index is 9.72. The van der Waals surface area contributed by atoms with Crippen molar-refractivity contribution < 1.29 is 43.5 Å². The van der Waals surface area contributed by atoms with Crippen molar-refractivity contribution in [2.75, 3.05) is 11.5 Å². The summed E-state index contributed by atoms with van der Waals surface area (Å²) in [4.78, 5) is 0. The average Bonchev–Trinajstić information content (AvgIpc) is 1.61. The zero-order valence-corrected chi connectivity index (χ0v) is 8.95. The summed E-state index contributed by atoms with van der Waals surface area (Å²) in [7, 11) is -1.86. The van der Waals surface area contributed by atoms with Crippen molar-refractivity contribution >= 4 is 23.3 Å². The Kier molecular flexibility index (Phi) is 22.2. The van der Waals surface area contributed by atoms with Crippen molar-refractivity contribution in [3.8, 4) is 0 Å². The number of hydrogen-bond donors (Lipinski definition) is 1. The molecule has 0 spiro atoms. The topological polar surface area (TPSA) is 64.1 Å². The Morgan fingerprint density at radius 3 is 1.89 bits per heavy atom. The van der Waals surface area contributed by atoms with Gasteiger partial charge in [0.1, 0.15) is 0 Å². The van der Waals surface area contributed by atoms with Crippen molar-refractivity contribution in [3.63, 3.8) is 0 Å². The van der Waals surface area contributed by atoms with Crippen LogP contribution >= 0.6 is 12.6 Å². The van der Waals surface area contributed by atoms with Crippen LogP contribution in [0.2, 0.25) is 0 Å². The van der Waals surface area contributed by atoms with Crippen LogP contribution in [0, 0.1) is 0 Å². The molecular formula is C3H8NaO3S2-. The smallest absolute Gasteiger partial charge is 0.870 e. The summed E-state index contributed by atoms with van der Waals surface area (Å²) in [5.41, 5.74) is 0. The molecule has 9 heavy (non-hydrogen) atoms. The van der Waals surface area contributed by atoms with E-state index in [2.05, 4.69) is 12.6 Å². The van der Waals surface area contributed by atoms with E-state index in [0.717, 1.165) is 0 Å². The van der Waals surface area contributed by atoms with Crippen LogP contribution in [0.1, 0.15) is 6.42 Å². The van der Waals surface area contributed by atoms with E-state index < -0.39 is 10.7 Å². The minimum Gasteiger partial charge on any atom is -0.870 e. The third kappa shape index (κ3) is 17.6. The molecule has 0 rings (SSSR count). The molecule has 0 unspecified atom stereocenters. The minimum absolute atomic E-state index is 0.